The van der Waals surface area contributed by atoms with Crippen molar-refractivity contribution in [1.29, 1.82) is 0 Å². The van der Waals surface area contributed by atoms with Gasteiger partial charge in [0, 0.05) is 11.6 Å². The van der Waals surface area contributed by atoms with Crippen LogP contribution in [0.25, 0.3) is 21.9 Å². The van der Waals surface area contributed by atoms with Gasteiger partial charge in [-0.05, 0) is 57.0 Å². The van der Waals surface area contributed by atoms with Crippen LogP contribution in [0.15, 0.2) is 61.1 Å². The van der Waals surface area contributed by atoms with Crippen LogP contribution in [0, 0.1) is 0 Å². The molecule has 0 amide bonds. The molecule has 14 heteroatoms. The average Bonchev–Trinajstić information content (AvgIpc) is 3.59. The Balaban J connectivity index is 1.24. The third kappa shape index (κ3) is 6.55. The number of fused-ring (bicyclic) bond motifs is 2. The van der Waals surface area contributed by atoms with E-state index in [0.717, 1.165) is 37.5 Å². The highest BCUT2D eigenvalue weighted by molar-refractivity contribution is 7.52. The Morgan fingerprint density at radius 3 is 2.62 bits per heavy atom. The summed E-state index contributed by atoms with van der Waals surface area (Å²) < 4.78 is 39.9. The van der Waals surface area contributed by atoms with Crippen LogP contribution in [0.4, 0.5) is 5.69 Å². The number of imidazole rings is 1. The predicted molar refractivity (Wildman–Crippen MR) is 166 cm³/mol. The molecule has 13 nitrogen and oxygen atoms in total. The summed E-state index contributed by atoms with van der Waals surface area (Å²) in [5, 5.41) is 26.3. The van der Waals surface area contributed by atoms with Crippen molar-refractivity contribution in [2.24, 2.45) is 0 Å². The van der Waals surface area contributed by atoms with Crippen molar-refractivity contribution in [1.82, 2.24) is 19.6 Å². The van der Waals surface area contributed by atoms with Crippen LogP contribution in [0.1, 0.15) is 52.2 Å². The number of nitrogens with two attached hydrogens (primary N) is 1. The van der Waals surface area contributed by atoms with Gasteiger partial charge < -0.3 is 29.9 Å². The highest BCUT2D eigenvalue weighted by atomic mass is 31.2. The number of nitrogens with zero attached hydrogens (tertiary/aromatic N) is 3. The normalized spacial score (nSPS) is 25.2. The van der Waals surface area contributed by atoms with Crippen LogP contribution in [-0.2, 0) is 23.4 Å². The van der Waals surface area contributed by atoms with E-state index in [1.807, 2.05) is 30.3 Å². The molecular weight excluding hydrogens is 601 g/mol. The molecule has 0 radical (unpaired) electrons. The number of hydrogen-bond acceptors (Lipinski definition) is 11. The minimum absolute atomic E-state index is 0.196. The van der Waals surface area contributed by atoms with E-state index in [2.05, 4.69) is 15.1 Å². The Hall–Kier alpha value is -3.58. The standard InChI is InChI=1S/C31H38N5O8P/c1-18(31(39)41-21-11-4-3-5-12-21)35-45(40,44-24-14-8-10-20-9-6-7-13-22(20)24)43-19(2)28-26(37)27(38)30(42-28)36-17-34-25-23(32)15-16-33-29(25)36/h6-10,13-19,21,26-28,30,37-38H,3-5,11-12H2,1-2H3,(H2,32,33)(H,35,40)/t18?,19?,26?,27?,28-,30-,45?/m1/s1. The Labute approximate surface area is 260 Å². The molecular formula is C31H38N5O8P. The van der Waals surface area contributed by atoms with Gasteiger partial charge in [-0.3, -0.25) is 13.9 Å². The molecule has 0 spiro atoms. The second-order valence-corrected chi connectivity index (χ2v) is 13.3. The number of anilines is 1. The van der Waals surface area contributed by atoms with Crippen LogP contribution in [0.5, 0.6) is 5.75 Å². The highest BCUT2D eigenvalue weighted by Crippen LogP contribution is 2.49. The molecule has 2 aromatic heterocycles. The number of benzene rings is 2. The van der Waals surface area contributed by atoms with Crippen LogP contribution in [0.3, 0.4) is 0 Å². The SMILES string of the molecule is CC(NP(=O)(Oc1cccc2ccccc12)OC(C)[C@H]1O[C@@H](n2cnc3c(N)ccnc32)C(O)C1O)C(=O)OC1CCCCC1. The summed E-state index contributed by atoms with van der Waals surface area (Å²) >= 11 is 0. The molecule has 240 valence electrons. The number of aliphatic hydroxyl groups excluding tert-OH is 2. The maximum absolute atomic E-state index is 14.5. The molecule has 2 aliphatic rings. The summed E-state index contributed by atoms with van der Waals surface area (Å²) in [6, 6.07) is 13.3. The molecule has 45 heavy (non-hydrogen) atoms. The molecule has 1 saturated heterocycles. The van der Waals surface area contributed by atoms with Gasteiger partial charge in [-0.1, -0.05) is 42.8 Å². The first kappa shape index (κ1) is 31.4. The van der Waals surface area contributed by atoms with E-state index in [1.54, 1.807) is 18.2 Å². The zero-order chi connectivity index (χ0) is 31.7. The van der Waals surface area contributed by atoms with Crippen molar-refractivity contribution < 1.29 is 38.1 Å². The lowest BCUT2D eigenvalue weighted by molar-refractivity contribution is -0.152. The fourth-order valence-corrected chi connectivity index (χ4v) is 7.66. The van der Waals surface area contributed by atoms with Crippen LogP contribution in [-0.4, -0.2) is 67.3 Å². The lowest BCUT2D eigenvalue weighted by Crippen LogP contribution is -2.41. The maximum Gasteiger partial charge on any atom is 0.459 e. The van der Waals surface area contributed by atoms with Gasteiger partial charge in [0.25, 0.3) is 0 Å². The van der Waals surface area contributed by atoms with Gasteiger partial charge in [-0.15, -0.1) is 0 Å². The van der Waals surface area contributed by atoms with E-state index < -0.39 is 50.4 Å². The molecule has 4 aromatic rings. The number of nitrogens with one attached hydrogen (secondary N) is 1. The van der Waals surface area contributed by atoms with E-state index in [1.165, 1.54) is 30.9 Å². The van der Waals surface area contributed by atoms with E-state index in [4.69, 9.17) is 24.3 Å². The van der Waals surface area contributed by atoms with E-state index in [0.29, 0.717) is 22.2 Å². The van der Waals surface area contributed by atoms with E-state index in [-0.39, 0.29) is 11.9 Å². The molecule has 2 aromatic carbocycles. The quantitative estimate of drug-likeness (QED) is 0.143. The first-order chi connectivity index (χ1) is 21.6. The number of pyridine rings is 1. The van der Waals surface area contributed by atoms with Crippen molar-refractivity contribution in [3.8, 4) is 5.75 Å². The van der Waals surface area contributed by atoms with Gasteiger partial charge in [0.1, 0.15) is 41.7 Å². The van der Waals surface area contributed by atoms with Gasteiger partial charge in [-0.2, -0.15) is 5.09 Å². The van der Waals surface area contributed by atoms with Gasteiger partial charge in [0.15, 0.2) is 11.9 Å². The zero-order valence-corrected chi connectivity index (χ0v) is 26.0. The average molecular weight is 640 g/mol. The second-order valence-electron chi connectivity index (χ2n) is 11.6. The smallest absolute Gasteiger partial charge is 0.459 e. The summed E-state index contributed by atoms with van der Waals surface area (Å²) in [5.41, 5.74) is 7.19. The molecule has 2 fully saturated rings. The highest BCUT2D eigenvalue weighted by Gasteiger charge is 2.49. The summed E-state index contributed by atoms with van der Waals surface area (Å²) in [6.07, 6.45) is 1.17. The number of rotatable bonds is 10. The number of aliphatic hydroxyl groups is 2. The third-order valence-corrected chi connectivity index (χ3v) is 10.1. The zero-order valence-electron chi connectivity index (χ0n) is 25.1. The number of carbonyl (C=O) groups is 1. The maximum atomic E-state index is 14.5. The van der Waals surface area contributed by atoms with E-state index >= 15 is 0 Å². The Morgan fingerprint density at radius 1 is 1.07 bits per heavy atom. The number of ether oxygens (including phenoxy) is 2. The van der Waals surface area contributed by atoms with Gasteiger partial charge in [0.2, 0.25) is 0 Å². The van der Waals surface area contributed by atoms with Crippen LogP contribution >= 0.6 is 7.75 Å². The van der Waals surface area contributed by atoms with Crippen LogP contribution in [0.2, 0.25) is 0 Å². The van der Waals surface area contributed by atoms with Crippen molar-refractivity contribution >= 4 is 41.3 Å². The third-order valence-electron chi connectivity index (χ3n) is 8.32. The van der Waals surface area contributed by atoms with E-state index in [9.17, 15) is 19.6 Å². The second kappa shape index (κ2) is 13.0. The van der Waals surface area contributed by atoms with Crippen molar-refractivity contribution in [3.63, 3.8) is 0 Å². The largest absolute Gasteiger partial charge is 0.461 e. The molecule has 1 saturated carbocycles. The van der Waals surface area contributed by atoms with Crippen molar-refractivity contribution in [2.75, 3.05) is 5.73 Å². The Morgan fingerprint density at radius 2 is 1.82 bits per heavy atom. The number of aromatic nitrogens is 3. The molecule has 1 aliphatic heterocycles. The van der Waals surface area contributed by atoms with Gasteiger partial charge in [-0.25, -0.2) is 14.5 Å². The summed E-state index contributed by atoms with van der Waals surface area (Å²) in [4.78, 5) is 21.6. The molecule has 1 aliphatic carbocycles. The summed E-state index contributed by atoms with van der Waals surface area (Å²) in [7, 11) is -4.36. The number of hydrogen-bond donors (Lipinski definition) is 4. The molecule has 7 atom stereocenters. The van der Waals surface area contributed by atoms with Crippen molar-refractivity contribution in [3.05, 3.63) is 61.1 Å². The summed E-state index contributed by atoms with van der Waals surface area (Å²) in [6.45, 7) is 3.07. The molecule has 0 bridgehead atoms. The molecule has 5 N–H and O–H groups in total. The topological polar surface area (TPSA) is 180 Å². The monoisotopic (exact) mass is 639 g/mol. The van der Waals surface area contributed by atoms with Gasteiger partial charge in [0.05, 0.1) is 18.1 Å². The fraction of sp³-hybridized carbons (Fsp3) is 0.452. The first-order valence-corrected chi connectivity index (χ1v) is 16.7. The Bertz CT molecular complexity index is 1710. The predicted octanol–water partition coefficient (Wildman–Crippen LogP) is 4.23. The summed E-state index contributed by atoms with van der Waals surface area (Å²) in [5.74, 6) is -0.311. The van der Waals surface area contributed by atoms with Crippen LogP contribution < -0.4 is 15.3 Å². The number of nitrogen functional groups attached to an aromatic ring is 1. The minimum Gasteiger partial charge on any atom is -0.461 e. The molecule has 3 heterocycles. The fourth-order valence-electron chi connectivity index (χ4n) is 5.94. The molecule has 5 unspecified atom stereocenters. The number of esters is 1. The lowest BCUT2D eigenvalue weighted by Gasteiger charge is -2.29. The lowest BCUT2D eigenvalue weighted by atomic mass is 9.98. The first-order valence-electron chi connectivity index (χ1n) is 15.2. The minimum atomic E-state index is -4.36. The number of carbonyl (C=O) groups excluding carboxylic acids is 1. The van der Waals surface area contributed by atoms with Gasteiger partial charge >= 0.3 is 13.7 Å². The molecule has 6 rings (SSSR count). The van der Waals surface area contributed by atoms with Crippen molar-refractivity contribution in [2.45, 2.75) is 88.7 Å². The Kier molecular flexibility index (Phi) is 9.10.